The van der Waals surface area contributed by atoms with E-state index < -0.39 is 23.9 Å². The fourth-order valence-electron chi connectivity index (χ4n) is 3.07. The van der Waals surface area contributed by atoms with Gasteiger partial charge < -0.3 is 18.9 Å². The summed E-state index contributed by atoms with van der Waals surface area (Å²) in [7, 11) is 0. The predicted molar refractivity (Wildman–Crippen MR) is 132 cm³/mol. The van der Waals surface area contributed by atoms with Crippen LogP contribution in [-0.4, -0.2) is 23.9 Å². The van der Waals surface area contributed by atoms with Gasteiger partial charge in [0, 0.05) is 24.3 Å². The van der Waals surface area contributed by atoms with Crippen LogP contribution in [0.3, 0.4) is 0 Å². The van der Waals surface area contributed by atoms with Crippen molar-refractivity contribution in [1.29, 1.82) is 0 Å². The molecule has 0 saturated carbocycles. The Morgan fingerprint density at radius 3 is 1.42 bits per heavy atom. The standard InChI is InChI=1S/C28H26O8/c1-5-25(29)33-15-19-9-10-24(23(12-19)18-36-28(32)8-4)22-13-20(16-34-26(30)6-2)11-21(14-22)17-35-27(31)7-3/h5-14H,1-4,15-18H2. The molecule has 2 rings (SSSR count). The van der Waals surface area contributed by atoms with Gasteiger partial charge in [-0.2, -0.15) is 0 Å². The molecular weight excluding hydrogens is 464 g/mol. The summed E-state index contributed by atoms with van der Waals surface area (Å²) < 4.78 is 20.7. The molecule has 0 atom stereocenters. The fraction of sp³-hybridized carbons (Fsp3) is 0.143. The van der Waals surface area contributed by atoms with E-state index >= 15 is 0 Å². The quantitative estimate of drug-likeness (QED) is 0.233. The Labute approximate surface area is 209 Å². The number of benzene rings is 2. The van der Waals surface area contributed by atoms with Crippen molar-refractivity contribution in [2.24, 2.45) is 0 Å². The van der Waals surface area contributed by atoms with Crippen molar-refractivity contribution in [2.75, 3.05) is 0 Å². The van der Waals surface area contributed by atoms with Crippen LogP contribution < -0.4 is 0 Å². The smallest absolute Gasteiger partial charge is 0.330 e. The molecule has 0 aliphatic carbocycles. The second-order valence-corrected chi connectivity index (χ2v) is 7.28. The van der Waals surface area contributed by atoms with Crippen LogP contribution in [0, 0.1) is 0 Å². The Bertz CT molecular complexity index is 1150. The van der Waals surface area contributed by atoms with Gasteiger partial charge in [0.1, 0.15) is 26.4 Å². The Morgan fingerprint density at radius 1 is 0.556 bits per heavy atom. The fourth-order valence-corrected chi connectivity index (χ4v) is 3.07. The Kier molecular flexibility index (Phi) is 10.6. The van der Waals surface area contributed by atoms with Crippen LogP contribution in [0.2, 0.25) is 0 Å². The molecule has 2 aromatic rings. The average molecular weight is 491 g/mol. The van der Waals surface area contributed by atoms with E-state index in [2.05, 4.69) is 26.3 Å². The summed E-state index contributed by atoms with van der Waals surface area (Å²) in [5.41, 5.74) is 3.92. The van der Waals surface area contributed by atoms with Crippen LogP contribution in [0.25, 0.3) is 11.1 Å². The van der Waals surface area contributed by atoms with Crippen LogP contribution >= 0.6 is 0 Å². The minimum atomic E-state index is -0.605. The molecule has 36 heavy (non-hydrogen) atoms. The van der Waals surface area contributed by atoms with E-state index in [1.165, 1.54) is 0 Å². The second-order valence-electron chi connectivity index (χ2n) is 7.28. The Balaban J connectivity index is 2.49. The molecule has 0 aliphatic heterocycles. The molecule has 8 heteroatoms. The number of hydrogen-bond donors (Lipinski definition) is 0. The molecule has 186 valence electrons. The van der Waals surface area contributed by atoms with Gasteiger partial charge >= 0.3 is 23.9 Å². The zero-order valence-corrected chi connectivity index (χ0v) is 19.7. The van der Waals surface area contributed by atoms with Crippen LogP contribution in [0.4, 0.5) is 0 Å². The normalized spacial score (nSPS) is 9.89. The first-order chi connectivity index (χ1) is 17.3. The molecule has 0 aromatic heterocycles. The van der Waals surface area contributed by atoms with Crippen molar-refractivity contribution in [1.82, 2.24) is 0 Å². The highest BCUT2D eigenvalue weighted by Gasteiger charge is 2.13. The molecule has 0 spiro atoms. The van der Waals surface area contributed by atoms with Crippen LogP contribution in [-0.2, 0) is 64.6 Å². The summed E-state index contributed by atoms with van der Waals surface area (Å²) in [6.45, 7) is 13.3. The zero-order valence-electron chi connectivity index (χ0n) is 19.7. The van der Waals surface area contributed by atoms with E-state index in [9.17, 15) is 19.2 Å². The van der Waals surface area contributed by atoms with Gasteiger partial charge in [0.2, 0.25) is 0 Å². The molecule has 0 N–H and O–H groups in total. The summed E-state index contributed by atoms with van der Waals surface area (Å²) in [6, 6.07) is 10.6. The Hall–Kier alpha value is -4.72. The highest BCUT2D eigenvalue weighted by Crippen LogP contribution is 2.29. The van der Waals surface area contributed by atoms with Gasteiger partial charge in [-0.25, -0.2) is 19.2 Å². The van der Waals surface area contributed by atoms with Gasteiger partial charge in [-0.05, 0) is 57.6 Å². The van der Waals surface area contributed by atoms with Crippen LogP contribution in [0.5, 0.6) is 0 Å². The molecule has 0 unspecified atom stereocenters. The summed E-state index contributed by atoms with van der Waals surface area (Å²) >= 11 is 0. The van der Waals surface area contributed by atoms with Gasteiger partial charge in [0.05, 0.1) is 0 Å². The van der Waals surface area contributed by atoms with Crippen molar-refractivity contribution in [3.63, 3.8) is 0 Å². The molecule has 0 heterocycles. The first kappa shape index (κ1) is 27.5. The molecule has 0 amide bonds. The number of carbonyl (C=O) groups excluding carboxylic acids is 4. The van der Waals surface area contributed by atoms with Crippen molar-refractivity contribution >= 4 is 23.9 Å². The van der Waals surface area contributed by atoms with Gasteiger partial charge in [-0.15, -0.1) is 0 Å². The van der Waals surface area contributed by atoms with Crippen molar-refractivity contribution in [2.45, 2.75) is 26.4 Å². The third-order valence-electron chi connectivity index (χ3n) is 4.71. The van der Waals surface area contributed by atoms with Gasteiger partial charge in [-0.1, -0.05) is 38.4 Å². The largest absolute Gasteiger partial charge is 0.458 e. The Morgan fingerprint density at radius 2 is 0.972 bits per heavy atom. The highest BCUT2D eigenvalue weighted by atomic mass is 16.5. The summed E-state index contributed by atoms with van der Waals surface area (Å²) in [6.07, 6.45) is 4.23. The van der Waals surface area contributed by atoms with Crippen LogP contribution in [0.1, 0.15) is 22.3 Å². The lowest BCUT2D eigenvalue weighted by Gasteiger charge is -2.15. The number of rotatable bonds is 13. The predicted octanol–water partition coefficient (Wildman–Crippen LogP) is 4.27. The topological polar surface area (TPSA) is 105 Å². The van der Waals surface area contributed by atoms with Gasteiger partial charge in [-0.3, -0.25) is 0 Å². The van der Waals surface area contributed by atoms with E-state index in [0.717, 1.165) is 24.3 Å². The minimum absolute atomic E-state index is 0.00611. The number of ether oxygens (including phenoxy) is 4. The second kappa shape index (κ2) is 13.9. The summed E-state index contributed by atoms with van der Waals surface area (Å²) in [5.74, 6) is -2.35. The molecule has 0 radical (unpaired) electrons. The van der Waals surface area contributed by atoms with E-state index in [1.54, 1.807) is 36.4 Å². The maximum absolute atomic E-state index is 11.7. The summed E-state index contributed by atoms with van der Waals surface area (Å²) in [5, 5.41) is 0. The molecule has 0 bridgehead atoms. The van der Waals surface area contributed by atoms with Crippen molar-refractivity contribution in [3.05, 3.63) is 109 Å². The number of carbonyl (C=O) groups is 4. The van der Waals surface area contributed by atoms with E-state index in [4.69, 9.17) is 18.9 Å². The third-order valence-corrected chi connectivity index (χ3v) is 4.71. The molecule has 0 saturated heterocycles. The molecular formula is C28H26O8. The zero-order chi connectivity index (χ0) is 26.5. The summed E-state index contributed by atoms with van der Waals surface area (Å²) in [4.78, 5) is 46.3. The first-order valence-corrected chi connectivity index (χ1v) is 10.7. The lowest BCUT2D eigenvalue weighted by Crippen LogP contribution is -2.06. The maximum atomic E-state index is 11.7. The highest BCUT2D eigenvalue weighted by molar-refractivity contribution is 5.82. The molecule has 0 fully saturated rings. The molecule has 8 nitrogen and oxygen atoms in total. The lowest BCUT2D eigenvalue weighted by atomic mass is 9.95. The van der Waals surface area contributed by atoms with Gasteiger partial charge in [0.25, 0.3) is 0 Å². The average Bonchev–Trinajstić information content (AvgIpc) is 2.91. The van der Waals surface area contributed by atoms with Gasteiger partial charge in [0.15, 0.2) is 0 Å². The van der Waals surface area contributed by atoms with E-state index in [1.807, 2.05) is 0 Å². The monoisotopic (exact) mass is 490 g/mol. The van der Waals surface area contributed by atoms with Crippen molar-refractivity contribution < 1.29 is 38.1 Å². The first-order valence-electron chi connectivity index (χ1n) is 10.7. The maximum Gasteiger partial charge on any atom is 0.330 e. The van der Waals surface area contributed by atoms with Crippen molar-refractivity contribution in [3.8, 4) is 11.1 Å². The number of esters is 4. The molecule has 2 aromatic carbocycles. The molecule has 0 aliphatic rings. The lowest BCUT2D eigenvalue weighted by molar-refractivity contribution is -0.140. The SMILES string of the molecule is C=CC(=O)OCc1cc(COC(=O)C=C)cc(-c2ccc(COC(=O)C=C)cc2COC(=O)C=C)c1. The van der Waals surface area contributed by atoms with E-state index in [0.29, 0.717) is 33.4 Å². The van der Waals surface area contributed by atoms with Crippen LogP contribution in [0.15, 0.2) is 87.0 Å². The third kappa shape index (κ3) is 8.57. The minimum Gasteiger partial charge on any atom is -0.458 e. The van der Waals surface area contributed by atoms with E-state index in [-0.39, 0.29) is 26.4 Å². The number of hydrogen-bond acceptors (Lipinski definition) is 8.